The minimum Gasteiger partial charge on any atom is -0.351 e. The number of nitrogens with one attached hydrogen (secondary N) is 2. The molecule has 0 radical (unpaired) electrons. The van der Waals surface area contributed by atoms with Crippen molar-refractivity contribution in [3.05, 3.63) is 17.7 Å². The molecular weight excluding hydrogens is 202 g/mol. The minimum absolute atomic E-state index is 0.0900. The standard InChI is InChI=1S/C12H19N3O/c1-12(2,3)15-11(16)8-4-5-9-10(6-8)14-7-13-9/h7-8H,4-6H2,1-3H3,(H,13,14)(H,15,16). The molecule has 1 atom stereocenters. The van der Waals surface area contributed by atoms with Crippen LogP contribution >= 0.6 is 0 Å². The minimum atomic E-state index is -0.147. The first-order valence-corrected chi connectivity index (χ1v) is 5.79. The number of aromatic amines is 1. The Hall–Kier alpha value is -1.32. The molecule has 0 aromatic carbocycles. The Labute approximate surface area is 95.9 Å². The number of fused-ring (bicyclic) bond motifs is 1. The van der Waals surface area contributed by atoms with E-state index in [0.717, 1.165) is 30.7 Å². The first kappa shape index (κ1) is 11.2. The fraction of sp³-hybridized carbons (Fsp3) is 0.667. The summed E-state index contributed by atoms with van der Waals surface area (Å²) in [6, 6.07) is 0. The first-order valence-electron chi connectivity index (χ1n) is 5.79. The Balaban J connectivity index is 2.01. The van der Waals surface area contributed by atoms with Gasteiger partial charge in [0.25, 0.3) is 0 Å². The van der Waals surface area contributed by atoms with Crippen LogP contribution in [-0.4, -0.2) is 21.4 Å². The summed E-state index contributed by atoms with van der Waals surface area (Å²) in [4.78, 5) is 19.4. The normalized spacial score (nSPS) is 20.3. The van der Waals surface area contributed by atoms with Gasteiger partial charge in [0.2, 0.25) is 5.91 Å². The van der Waals surface area contributed by atoms with Crippen molar-refractivity contribution in [3.63, 3.8) is 0 Å². The molecule has 0 saturated carbocycles. The summed E-state index contributed by atoms with van der Waals surface area (Å²) < 4.78 is 0. The zero-order chi connectivity index (χ0) is 11.8. The molecule has 1 aromatic rings. The van der Waals surface area contributed by atoms with Gasteiger partial charge in [-0.1, -0.05) is 0 Å². The quantitative estimate of drug-likeness (QED) is 0.753. The van der Waals surface area contributed by atoms with Gasteiger partial charge in [0.05, 0.1) is 12.0 Å². The van der Waals surface area contributed by atoms with Gasteiger partial charge in [-0.3, -0.25) is 4.79 Å². The molecule has 2 rings (SSSR count). The Kier molecular flexibility index (Phi) is 2.74. The van der Waals surface area contributed by atoms with Gasteiger partial charge in [0.15, 0.2) is 0 Å². The average Bonchev–Trinajstić information content (AvgIpc) is 2.61. The van der Waals surface area contributed by atoms with Crippen LogP contribution in [0.3, 0.4) is 0 Å². The van der Waals surface area contributed by atoms with Gasteiger partial charge in [0.1, 0.15) is 0 Å². The van der Waals surface area contributed by atoms with Gasteiger partial charge in [-0.15, -0.1) is 0 Å². The van der Waals surface area contributed by atoms with E-state index >= 15 is 0 Å². The van der Waals surface area contributed by atoms with Crippen molar-refractivity contribution in [2.75, 3.05) is 0 Å². The van der Waals surface area contributed by atoms with Gasteiger partial charge >= 0.3 is 0 Å². The summed E-state index contributed by atoms with van der Waals surface area (Å²) in [6.07, 6.45) is 4.31. The highest BCUT2D eigenvalue weighted by Crippen LogP contribution is 2.23. The molecule has 1 unspecified atom stereocenters. The summed E-state index contributed by atoms with van der Waals surface area (Å²) in [7, 11) is 0. The molecule has 4 nitrogen and oxygen atoms in total. The lowest BCUT2D eigenvalue weighted by Gasteiger charge is -2.26. The topological polar surface area (TPSA) is 57.8 Å². The Bertz CT molecular complexity index is 389. The van der Waals surface area contributed by atoms with Crippen LogP contribution in [0.4, 0.5) is 0 Å². The van der Waals surface area contributed by atoms with E-state index in [1.165, 1.54) is 0 Å². The van der Waals surface area contributed by atoms with Crippen molar-refractivity contribution >= 4 is 5.91 Å². The zero-order valence-electron chi connectivity index (χ0n) is 10.1. The smallest absolute Gasteiger partial charge is 0.223 e. The van der Waals surface area contributed by atoms with Crippen LogP contribution < -0.4 is 5.32 Å². The summed E-state index contributed by atoms with van der Waals surface area (Å²) in [6.45, 7) is 6.03. The Morgan fingerprint density at radius 1 is 1.56 bits per heavy atom. The highest BCUT2D eigenvalue weighted by molar-refractivity contribution is 5.79. The third kappa shape index (κ3) is 2.43. The van der Waals surface area contributed by atoms with Crippen molar-refractivity contribution in [1.29, 1.82) is 0 Å². The van der Waals surface area contributed by atoms with Crippen LogP contribution in [0.15, 0.2) is 6.33 Å². The SMILES string of the molecule is CC(C)(C)NC(=O)C1CCc2nc[nH]c2C1. The molecule has 4 heteroatoms. The average molecular weight is 221 g/mol. The van der Waals surface area contributed by atoms with Gasteiger partial charge in [-0.25, -0.2) is 4.98 Å². The lowest BCUT2D eigenvalue weighted by molar-refractivity contribution is -0.126. The Morgan fingerprint density at radius 3 is 3.00 bits per heavy atom. The summed E-state index contributed by atoms with van der Waals surface area (Å²) in [5.74, 6) is 0.250. The second kappa shape index (κ2) is 3.92. The van der Waals surface area contributed by atoms with E-state index in [4.69, 9.17) is 0 Å². The number of aromatic nitrogens is 2. The first-order chi connectivity index (χ1) is 7.46. The molecule has 1 aliphatic carbocycles. The summed E-state index contributed by atoms with van der Waals surface area (Å²) in [5.41, 5.74) is 2.10. The highest BCUT2D eigenvalue weighted by atomic mass is 16.2. The maximum atomic E-state index is 12.0. The number of carbonyl (C=O) groups is 1. The third-order valence-electron chi connectivity index (χ3n) is 2.86. The number of hydrogen-bond donors (Lipinski definition) is 2. The molecule has 0 fully saturated rings. The number of H-pyrrole nitrogens is 1. The number of carbonyl (C=O) groups excluding carboxylic acids is 1. The number of rotatable bonds is 1. The van der Waals surface area contributed by atoms with Crippen LogP contribution in [-0.2, 0) is 17.6 Å². The largest absolute Gasteiger partial charge is 0.351 e. The molecule has 16 heavy (non-hydrogen) atoms. The number of aryl methyl sites for hydroxylation is 1. The van der Waals surface area contributed by atoms with Crippen molar-refractivity contribution in [1.82, 2.24) is 15.3 Å². The van der Waals surface area contributed by atoms with Crippen molar-refractivity contribution in [2.24, 2.45) is 5.92 Å². The molecule has 0 bridgehead atoms. The monoisotopic (exact) mass is 221 g/mol. The van der Waals surface area contributed by atoms with E-state index in [-0.39, 0.29) is 17.4 Å². The lowest BCUT2D eigenvalue weighted by Crippen LogP contribution is -2.45. The molecule has 1 heterocycles. The molecule has 0 aliphatic heterocycles. The van der Waals surface area contributed by atoms with Crippen LogP contribution in [0.1, 0.15) is 38.6 Å². The third-order valence-corrected chi connectivity index (χ3v) is 2.86. The fourth-order valence-corrected chi connectivity index (χ4v) is 2.10. The zero-order valence-corrected chi connectivity index (χ0v) is 10.1. The second-order valence-electron chi connectivity index (χ2n) is 5.51. The highest BCUT2D eigenvalue weighted by Gasteiger charge is 2.28. The second-order valence-corrected chi connectivity index (χ2v) is 5.51. The fourth-order valence-electron chi connectivity index (χ4n) is 2.10. The van der Waals surface area contributed by atoms with Crippen molar-refractivity contribution in [3.8, 4) is 0 Å². The van der Waals surface area contributed by atoms with E-state index in [2.05, 4.69) is 15.3 Å². The van der Waals surface area contributed by atoms with Gasteiger partial charge < -0.3 is 10.3 Å². The number of hydrogen-bond acceptors (Lipinski definition) is 2. The predicted molar refractivity (Wildman–Crippen MR) is 62.0 cm³/mol. The van der Waals surface area contributed by atoms with Gasteiger partial charge in [-0.05, 0) is 33.6 Å². The van der Waals surface area contributed by atoms with E-state index < -0.39 is 0 Å². The molecule has 0 saturated heterocycles. The van der Waals surface area contributed by atoms with Crippen molar-refractivity contribution < 1.29 is 4.79 Å². The van der Waals surface area contributed by atoms with Gasteiger partial charge in [0, 0.05) is 23.6 Å². The molecule has 0 spiro atoms. The van der Waals surface area contributed by atoms with Gasteiger partial charge in [-0.2, -0.15) is 0 Å². The molecule has 1 aliphatic rings. The molecule has 2 N–H and O–H groups in total. The number of imidazole rings is 1. The molecule has 1 amide bonds. The van der Waals surface area contributed by atoms with Crippen LogP contribution in [0, 0.1) is 5.92 Å². The maximum Gasteiger partial charge on any atom is 0.223 e. The molecular formula is C12H19N3O. The molecule has 1 aromatic heterocycles. The molecule has 88 valence electrons. The number of amides is 1. The number of nitrogens with zero attached hydrogens (tertiary/aromatic N) is 1. The lowest BCUT2D eigenvalue weighted by atomic mass is 9.88. The van der Waals surface area contributed by atoms with E-state index in [1.807, 2.05) is 20.8 Å². The van der Waals surface area contributed by atoms with Crippen molar-refractivity contribution in [2.45, 2.75) is 45.6 Å². The van der Waals surface area contributed by atoms with E-state index in [1.54, 1.807) is 6.33 Å². The van der Waals surface area contributed by atoms with Crippen LogP contribution in [0.5, 0.6) is 0 Å². The van der Waals surface area contributed by atoms with E-state index in [9.17, 15) is 4.79 Å². The van der Waals surface area contributed by atoms with E-state index in [0.29, 0.717) is 0 Å². The summed E-state index contributed by atoms with van der Waals surface area (Å²) >= 11 is 0. The van der Waals surface area contributed by atoms with Crippen LogP contribution in [0.25, 0.3) is 0 Å². The summed E-state index contributed by atoms with van der Waals surface area (Å²) in [5, 5.41) is 3.04. The predicted octanol–water partition coefficient (Wildman–Crippen LogP) is 1.43. The van der Waals surface area contributed by atoms with Crippen LogP contribution in [0.2, 0.25) is 0 Å². The maximum absolute atomic E-state index is 12.0. The Morgan fingerprint density at radius 2 is 2.31 bits per heavy atom.